The maximum absolute atomic E-state index is 9.89. The molecule has 3 nitrogen and oxygen atoms in total. The van der Waals surface area contributed by atoms with Crippen molar-refractivity contribution in [1.82, 2.24) is 4.90 Å². The smallest absolute Gasteiger partial charge is 0.0739 e. The zero-order valence-corrected chi connectivity index (χ0v) is 9.69. The SMILES string of the molecule is CN(CC1CCCC1)C1COCCC1O. The van der Waals surface area contributed by atoms with Crippen molar-refractivity contribution in [2.45, 2.75) is 44.2 Å². The highest BCUT2D eigenvalue weighted by Gasteiger charge is 2.29. The van der Waals surface area contributed by atoms with Crippen molar-refractivity contribution in [2.24, 2.45) is 5.92 Å². The quantitative estimate of drug-likeness (QED) is 0.766. The first-order chi connectivity index (χ1) is 7.27. The summed E-state index contributed by atoms with van der Waals surface area (Å²) in [5.41, 5.74) is 0. The van der Waals surface area contributed by atoms with Crippen LogP contribution in [0, 0.1) is 5.92 Å². The molecule has 2 rings (SSSR count). The maximum Gasteiger partial charge on any atom is 0.0739 e. The van der Waals surface area contributed by atoms with Crippen LogP contribution < -0.4 is 0 Å². The van der Waals surface area contributed by atoms with E-state index in [1.54, 1.807) is 0 Å². The van der Waals surface area contributed by atoms with Crippen molar-refractivity contribution in [3.05, 3.63) is 0 Å². The largest absolute Gasteiger partial charge is 0.391 e. The van der Waals surface area contributed by atoms with Gasteiger partial charge in [0, 0.05) is 13.2 Å². The molecule has 2 unspecified atom stereocenters. The number of aliphatic hydroxyl groups is 1. The lowest BCUT2D eigenvalue weighted by atomic mass is 10.0. The van der Waals surface area contributed by atoms with E-state index in [0.29, 0.717) is 6.61 Å². The summed E-state index contributed by atoms with van der Waals surface area (Å²) in [4.78, 5) is 2.31. The van der Waals surface area contributed by atoms with E-state index in [1.807, 2.05) is 0 Å². The summed E-state index contributed by atoms with van der Waals surface area (Å²) in [6.45, 7) is 2.55. The van der Waals surface area contributed by atoms with Crippen LogP contribution in [-0.2, 0) is 4.74 Å². The standard InChI is InChI=1S/C12H23NO2/c1-13(8-10-4-2-3-5-10)11-9-15-7-6-12(11)14/h10-12,14H,2-9H2,1H3. The molecular formula is C12H23NO2. The monoisotopic (exact) mass is 213 g/mol. The normalized spacial score (nSPS) is 33.8. The van der Waals surface area contributed by atoms with Crippen LogP contribution in [0.3, 0.4) is 0 Å². The lowest BCUT2D eigenvalue weighted by Crippen LogP contribution is -2.49. The summed E-state index contributed by atoms with van der Waals surface area (Å²) >= 11 is 0. The number of hydrogen-bond donors (Lipinski definition) is 1. The average Bonchev–Trinajstić information content (AvgIpc) is 2.71. The Kier molecular flexibility index (Phi) is 4.00. The third kappa shape index (κ3) is 2.92. The van der Waals surface area contributed by atoms with Gasteiger partial charge in [0.25, 0.3) is 0 Å². The lowest BCUT2D eigenvalue weighted by Gasteiger charge is -2.36. The van der Waals surface area contributed by atoms with Gasteiger partial charge in [-0.15, -0.1) is 0 Å². The molecule has 2 fully saturated rings. The summed E-state index contributed by atoms with van der Waals surface area (Å²) in [6.07, 6.45) is 6.12. The van der Waals surface area contributed by atoms with Crippen LogP contribution in [0.2, 0.25) is 0 Å². The third-order valence-electron chi connectivity index (χ3n) is 3.88. The molecule has 0 bridgehead atoms. The maximum atomic E-state index is 9.89. The van der Waals surface area contributed by atoms with Gasteiger partial charge in [0.05, 0.1) is 18.8 Å². The highest BCUT2D eigenvalue weighted by Crippen LogP contribution is 2.26. The number of ether oxygens (including phenoxy) is 1. The molecule has 0 radical (unpaired) electrons. The molecule has 1 heterocycles. The zero-order chi connectivity index (χ0) is 10.7. The van der Waals surface area contributed by atoms with Crippen LogP contribution >= 0.6 is 0 Å². The molecular weight excluding hydrogens is 190 g/mol. The van der Waals surface area contributed by atoms with E-state index in [0.717, 1.165) is 25.5 Å². The summed E-state index contributed by atoms with van der Waals surface area (Å²) in [7, 11) is 2.13. The molecule has 0 spiro atoms. The van der Waals surface area contributed by atoms with E-state index >= 15 is 0 Å². The number of rotatable bonds is 3. The second-order valence-electron chi connectivity index (χ2n) is 5.09. The van der Waals surface area contributed by atoms with Gasteiger partial charge in [-0.25, -0.2) is 0 Å². The first-order valence-electron chi connectivity index (χ1n) is 6.23. The minimum Gasteiger partial charge on any atom is -0.391 e. The summed E-state index contributed by atoms with van der Waals surface area (Å²) in [5, 5.41) is 9.89. The van der Waals surface area contributed by atoms with Crippen molar-refractivity contribution >= 4 is 0 Å². The van der Waals surface area contributed by atoms with E-state index in [-0.39, 0.29) is 12.1 Å². The van der Waals surface area contributed by atoms with E-state index in [2.05, 4.69) is 11.9 Å². The van der Waals surface area contributed by atoms with Gasteiger partial charge >= 0.3 is 0 Å². The average molecular weight is 213 g/mol. The fourth-order valence-corrected chi connectivity index (χ4v) is 2.87. The first kappa shape index (κ1) is 11.4. The topological polar surface area (TPSA) is 32.7 Å². The van der Waals surface area contributed by atoms with Gasteiger partial charge in [-0.1, -0.05) is 12.8 Å². The molecule has 0 aromatic carbocycles. The Hall–Kier alpha value is -0.120. The fraction of sp³-hybridized carbons (Fsp3) is 1.00. The highest BCUT2D eigenvalue weighted by molar-refractivity contribution is 4.82. The Morgan fingerprint density at radius 1 is 1.27 bits per heavy atom. The molecule has 0 aromatic rings. The Morgan fingerprint density at radius 2 is 2.00 bits per heavy atom. The van der Waals surface area contributed by atoms with E-state index in [9.17, 15) is 5.11 Å². The van der Waals surface area contributed by atoms with Crippen molar-refractivity contribution < 1.29 is 9.84 Å². The molecule has 0 aromatic heterocycles. The van der Waals surface area contributed by atoms with Crippen LogP contribution in [0.15, 0.2) is 0 Å². The minimum atomic E-state index is -0.190. The predicted molar refractivity (Wildman–Crippen MR) is 59.8 cm³/mol. The van der Waals surface area contributed by atoms with Gasteiger partial charge in [0.2, 0.25) is 0 Å². The van der Waals surface area contributed by atoms with Crippen LogP contribution in [0.4, 0.5) is 0 Å². The van der Waals surface area contributed by atoms with Crippen LogP contribution in [-0.4, -0.2) is 49.0 Å². The summed E-state index contributed by atoms with van der Waals surface area (Å²) in [5.74, 6) is 0.851. The number of hydrogen-bond acceptors (Lipinski definition) is 3. The molecule has 2 aliphatic rings. The van der Waals surface area contributed by atoms with Crippen LogP contribution in [0.5, 0.6) is 0 Å². The van der Waals surface area contributed by atoms with Gasteiger partial charge in [-0.3, -0.25) is 4.90 Å². The van der Waals surface area contributed by atoms with Gasteiger partial charge in [-0.05, 0) is 32.2 Å². The Labute approximate surface area is 92.4 Å². The molecule has 88 valence electrons. The van der Waals surface area contributed by atoms with Crippen molar-refractivity contribution in [3.63, 3.8) is 0 Å². The molecule has 2 atom stereocenters. The summed E-state index contributed by atoms with van der Waals surface area (Å²) < 4.78 is 5.44. The van der Waals surface area contributed by atoms with Gasteiger partial charge in [0.1, 0.15) is 0 Å². The Bertz CT molecular complexity index is 192. The summed E-state index contributed by atoms with van der Waals surface area (Å²) in [6, 6.07) is 0.222. The fourth-order valence-electron chi connectivity index (χ4n) is 2.87. The second-order valence-corrected chi connectivity index (χ2v) is 5.09. The first-order valence-corrected chi connectivity index (χ1v) is 6.23. The van der Waals surface area contributed by atoms with Crippen molar-refractivity contribution in [3.8, 4) is 0 Å². The predicted octanol–water partition coefficient (Wildman–Crippen LogP) is 1.26. The van der Waals surface area contributed by atoms with Crippen molar-refractivity contribution in [1.29, 1.82) is 0 Å². The minimum absolute atomic E-state index is 0.190. The molecule has 15 heavy (non-hydrogen) atoms. The molecule has 3 heteroatoms. The van der Waals surface area contributed by atoms with E-state index < -0.39 is 0 Å². The van der Waals surface area contributed by atoms with Crippen LogP contribution in [0.1, 0.15) is 32.1 Å². The molecule has 1 aliphatic carbocycles. The van der Waals surface area contributed by atoms with Gasteiger partial charge < -0.3 is 9.84 Å². The third-order valence-corrected chi connectivity index (χ3v) is 3.88. The number of nitrogens with zero attached hydrogens (tertiary/aromatic N) is 1. The number of aliphatic hydroxyl groups excluding tert-OH is 1. The van der Waals surface area contributed by atoms with Crippen molar-refractivity contribution in [2.75, 3.05) is 26.8 Å². The zero-order valence-electron chi connectivity index (χ0n) is 9.69. The van der Waals surface area contributed by atoms with Gasteiger partial charge in [0.15, 0.2) is 0 Å². The molecule has 0 amide bonds. The van der Waals surface area contributed by atoms with Gasteiger partial charge in [-0.2, -0.15) is 0 Å². The highest BCUT2D eigenvalue weighted by atomic mass is 16.5. The number of likely N-dealkylation sites (N-methyl/N-ethyl adjacent to an activating group) is 1. The molecule has 1 saturated carbocycles. The lowest BCUT2D eigenvalue weighted by molar-refractivity contribution is -0.0570. The Morgan fingerprint density at radius 3 is 2.67 bits per heavy atom. The molecule has 1 saturated heterocycles. The Balaban J connectivity index is 1.80. The molecule has 1 aliphatic heterocycles. The van der Waals surface area contributed by atoms with Crippen LogP contribution in [0.25, 0.3) is 0 Å². The molecule has 1 N–H and O–H groups in total. The van der Waals surface area contributed by atoms with E-state index in [1.165, 1.54) is 25.7 Å². The second kappa shape index (κ2) is 5.28. The van der Waals surface area contributed by atoms with E-state index in [4.69, 9.17) is 4.74 Å².